The van der Waals surface area contributed by atoms with Gasteiger partial charge in [0, 0.05) is 12.6 Å². The lowest BCUT2D eigenvalue weighted by atomic mass is 10.3. The monoisotopic (exact) mass is 282 g/mol. The quantitative estimate of drug-likeness (QED) is 0.346. The maximum Gasteiger partial charge on any atom is 0.356 e. The molecule has 0 aromatic carbocycles. The maximum absolute atomic E-state index is 11.4. The Hall–Kier alpha value is -2.22. The SMILES string of the molecule is COC(=O)c1ccc([N+](=O)[O-])c(NCCCN(C)C)n1. The summed E-state index contributed by atoms with van der Waals surface area (Å²) in [5.74, 6) is -0.548. The van der Waals surface area contributed by atoms with Gasteiger partial charge in [-0.1, -0.05) is 0 Å². The molecule has 20 heavy (non-hydrogen) atoms. The van der Waals surface area contributed by atoms with Crippen LogP contribution >= 0.6 is 0 Å². The minimum atomic E-state index is -0.628. The fourth-order valence-electron chi connectivity index (χ4n) is 1.55. The lowest BCUT2D eigenvalue weighted by Crippen LogP contribution is -2.17. The molecule has 1 N–H and O–H groups in total. The molecule has 0 spiro atoms. The molecule has 0 saturated carbocycles. The van der Waals surface area contributed by atoms with Crippen LogP contribution in [0.1, 0.15) is 16.9 Å². The van der Waals surface area contributed by atoms with E-state index < -0.39 is 10.9 Å². The van der Waals surface area contributed by atoms with Crippen molar-refractivity contribution in [2.24, 2.45) is 0 Å². The molecule has 0 bridgehead atoms. The second kappa shape index (κ2) is 7.39. The molecule has 0 amide bonds. The van der Waals surface area contributed by atoms with Gasteiger partial charge in [-0.25, -0.2) is 9.78 Å². The van der Waals surface area contributed by atoms with E-state index in [9.17, 15) is 14.9 Å². The van der Waals surface area contributed by atoms with Crippen molar-refractivity contribution in [3.8, 4) is 0 Å². The molecule has 1 aromatic rings. The first-order valence-corrected chi connectivity index (χ1v) is 6.08. The molecule has 8 heteroatoms. The zero-order chi connectivity index (χ0) is 15.1. The molecule has 0 saturated heterocycles. The topological polar surface area (TPSA) is 97.6 Å². The molecule has 0 aliphatic carbocycles. The Bertz CT molecular complexity index is 490. The zero-order valence-corrected chi connectivity index (χ0v) is 11.8. The Morgan fingerprint density at radius 3 is 2.75 bits per heavy atom. The van der Waals surface area contributed by atoms with Crippen molar-refractivity contribution in [2.75, 3.05) is 39.6 Å². The molecule has 8 nitrogen and oxygen atoms in total. The van der Waals surface area contributed by atoms with Crippen LogP contribution in [0.3, 0.4) is 0 Å². The largest absolute Gasteiger partial charge is 0.464 e. The first-order chi connectivity index (χ1) is 9.45. The van der Waals surface area contributed by atoms with Crippen LogP contribution < -0.4 is 5.32 Å². The van der Waals surface area contributed by atoms with Crippen LogP contribution in [0.15, 0.2) is 12.1 Å². The summed E-state index contributed by atoms with van der Waals surface area (Å²) in [6.45, 7) is 1.37. The lowest BCUT2D eigenvalue weighted by Gasteiger charge is -2.10. The van der Waals surface area contributed by atoms with Crippen LogP contribution in [0.2, 0.25) is 0 Å². The Morgan fingerprint density at radius 1 is 1.50 bits per heavy atom. The fraction of sp³-hybridized carbons (Fsp3) is 0.500. The molecule has 0 aliphatic rings. The van der Waals surface area contributed by atoms with E-state index in [-0.39, 0.29) is 17.2 Å². The molecule has 110 valence electrons. The van der Waals surface area contributed by atoms with Crippen LogP contribution in [0.4, 0.5) is 11.5 Å². The molecule has 1 rings (SSSR count). The summed E-state index contributed by atoms with van der Waals surface area (Å²) in [5, 5.41) is 13.8. The van der Waals surface area contributed by atoms with Gasteiger partial charge in [0.2, 0.25) is 5.82 Å². The summed E-state index contributed by atoms with van der Waals surface area (Å²) in [6.07, 6.45) is 0.800. The highest BCUT2D eigenvalue weighted by atomic mass is 16.6. The number of hydrogen-bond donors (Lipinski definition) is 1. The van der Waals surface area contributed by atoms with Gasteiger partial charge in [0.25, 0.3) is 0 Å². The number of ether oxygens (including phenoxy) is 1. The van der Waals surface area contributed by atoms with E-state index in [0.29, 0.717) is 6.54 Å². The molecule has 0 radical (unpaired) electrons. The highest BCUT2D eigenvalue weighted by Gasteiger charge is 2.18. The van der Waals surface area contributed by atoms with Gasteiger partial charge in [0.15, 0.2) is 5.69 Å². The second-order valence-corrected chi connectivity index (χ2v) is 4.40. The third-order valence-electron chi connectivity index (χ3n) is 2.54. The van der Waals surface area contributed by atoms with Gasteiger partial charge in [-0.15, -0.1) is 0 Å². The normalized spacial score (nSPS) is 10.4. The van der Waals surface area contributed by atoms with Gasteiger partial charge < -0.3 is 15.0 Å². The standard InChI is InChI=1S/C12H18N4O4/c1-15(2)8-4-7-13-11-10(16(18)19)6-5-9(14-11)12(17)20-3/h5-6H,4,7-8H2,1-3H3,(H,13,14). The zero-order valence-electron chi connectivity index (χ0n) is 11.8. The number of pyridine rings is 1. The number of rotatable bonds is 7. The summed E-state index contributed by atoms with van der Waals surface area (Å²) in [5.41, 5.74) is -0.129. The summed E-state index contributed by atoms with van der Waals surface area (Å²) < 4.78 is 4.54. The third-order valence-corrected chi connectivity index (χ3v) is 2.54. The highest BCUT2D eigenvalue weighted by molar-refractivity contribution is 5.88. The van der Waals surface area contributed by atoms with Crippen LogP contribution in [-0.4, -0.2) is 55.1 Å². The predicted octanol–water partition coefficient (Wildman–Crippen LogP) is 1.14. The van der Waals surface area contributed by atoms with E-state index >= 15 is 0 Å². The lowest BCUT2D eigenvalue weighted by molar-refractivity contribution is -0.384. The molecular formula is C12H18N4O4. The predicted molar refractivity (Wildman–Crippen MR) is 73.9 cm³/mol. The third kappa shape index (κ3) is 4.47. The molecule has 1 aromatic heterocycles. The Kier molecular flexibility index (Phi) is 5.85. The number of methoxy groups -OCH3 is 1. The second-order valence-electron chi connectivity index (χ2n) is 4.40. The average molecular weight is 282 g/mol. The van der Waals surface area contributed by atoms with E-state index in [1.807, 2.05) is 19.0 Å². The van der Waals surface area contributed by atoms with Crippen molar-refractivity contribution in [1.29, 1.82) is 0 Å². The number of nitrogens with zero attached hydrogens (tertiary/aromatic N) is 3. The smallest absolute Gasteiger partial charge is 0.356 e. The van der Waals surface area contributed by atoms with Gasteiger partial charge in [-0.05, 0) is 33.1 Å². The number of esters is 1. The molecule has 1 heterocycles. The van der Waals surface area contributed by atoms with E-state index in [2.05, 4.69) is 15.0 Å². The molecule has 0 aliphatic heterocycles. The summed E-state index contributed by atoms with van der Waals surface area (Å²) in [7, 11) is 5.12. The molecule has 0 fully saturated rings. The van der Waals surface area contributed by atoms with Crippen molar-refractivity contribution in [2.45, 2.75) is 6.42 Å². The van der Waals surface area contributed by atoms with Crippen LogP contribution in [0.25, 0.3) is 0 Å². The molecule has 0 atom stereocenters. The highest BCUT2D eigenvalue weighted by Crippen LogP contribution is 2.22. The van der Waals surface area contributed by atoms with Crippen molar-refractivity contribution in [3.05, 3.63) is 27.9 Å². The maximum atomic E-state index is 11.4. The summed E-state index contributed by atoms with van der Waals surface area (Å²) in [6, 6.07) is 2.52. The van der Waals surface area contributed by atoms with E-state index in [4.69, 9.17) is 0 Å². The van der Waals surface area contributed by atoms with Crippen molar-refractivity contribution in [1.82, 2.24) is 9.88 Å². The van der Waals surface area contributed by atoms with Gasteiger partial charge >= 0.3 is 11.7 Å². The number of anilines is 1. The number of carbonyl (C=O) groups is 1. The Balaban J connectivity index is 2.83. The average Bonchev–Trinajstić information content (AvgIpc) is 2.42. The fourth-order valence-corrected chi connectivity index (χ4v) is 1.55. The molecular weight excluding hydrogens is 264 g/mol. The minimum absolute atomic E-state index is 0.0354. The van der Waals surface area contributed by atoms with Gasteiger partial charge in [0.05, 0.1) is 12.0 Å². The minimum Gasteiger partial charge on any atom is -0.464 e. The Morgan fingerprint density at radius 2 is 2.20 bits per heavy atom. The summed E-state index contributed by atoms with van der Waals surface area (Å²) in [4.78, 5) is 27.7. The van der Waals surface area contributed by atoms with Crippen LogP contribution in [0.5, 0.6) is 0 Å². The first-order valence-electron chi connectivity index (χ1n) is 6.08. The van der Waals surface area contributed by atoms with Crippen LogP contribution in [-0.2, 0) is 4.74 Å². The van der Waals surface area contributed by atoms with E-state index in [0.717, 1.165) is 13.0 Å². The number of hydrogen-bond acceptors (Lipinski definition) is 7. The van der Waals surface area contributed by atoms with E-state index in [1.54, 1.807) is 0 Å². The Labute approximate surface area is 116 Å². The van der Waals surface area contributed by atoms with Gasteiger partial charge in [0.1, 0.15) is 0 Å². The first kappa shape index (κ1) is 15.8. The van der Waals surface area contributed by atoms with Gasteiger partial charge in [-0.3, -0.25) is 10.1 Å². The number of aromatic nitrogens is 1. The van der Waals surface area contributed by atoms with Crippen molar-refractivity contribution in [3.63, 3.8) is 0 Å². The van der Waals surface area contributed by atoms with Gasteiger partial charge in [-0.2, -0.15) is 0 Å². The van der Waals surface area contributed by atoms with E-state index in [1.165, 1.54) is 19.2 Å². The van der Waals surface area contributed by atoms with Crippen molar-refractivity contribution >= 4 is 17.5 Å². The summed E-state index contributed by atoms with van der Waals surface area (Å²) >= 11 is 0. The number of nitrogens with one attached hydrogen (secondary N) is 1. The molecule has 0 unspecified atom stereocenters. The number of nitro groups is 1. The van der Waals surface area contributed by atoms with Crippen molar-refractivity contribution < 1.29 is 14.5 Å². The number of carbonyl (C=O) groups excluding carboxylic acids is 1. The van der Waals surface area contributed by atoms with Crippen LogP contribution in [0, 0.1) is 10.1 Å².